The van der Waals surface area contributed by atoms with Crippen molar-refractivity contribution in [3.8, 4) is 0 Å². The number of ether oxygens (including phenoxy) is 1. The number of pyridine rings is 1. The molecule has 4 heteroatoms. The highest BCUT2D eigenvalue weighted by Gasteiger charge is 2.42. The summed E-state index contributed by atoms with van der Waals surface area (Å²) in [5, 5.41) is 10.6. The third kappa shape index (κ3) is 2.81. The van der Waals surface area contributed by atoms with Gasteiger partial charge in [0.05, 0.1) is 17.4 Å². The molecule has 1 aromatic heterocycles. The first-order chi connectivity index (χ1) is 9.19. The molecule has 1 spiro atoms. The first kappa shape index (κ1) is 13.4. The third-order valence-corrected chi connectivity index (χ3v) is 5.51. The number of hydrogen-bond acceptors (Lipinski definition) is 4. The number of aliphatic hydroxyl groups excluding tert-OH is 1. The van der Waals surface area contributed by atoms with Crippen molar-refractivity contribution in [3.05, 3.63) is 29.6 Å². The summed E-state index contributed by atoms with van der Waals surface area (Å²) < 4.78 is 6.01. The van der Waals surface area contributed by atoms with E-state index >= 15 is 0 Å². The van der Waals surface area contributed by atoms with Crippen molar-refractivity contribution in [1.82, 2.24) is 4.98 Å². The number of nitrogens with zero attached hydrogens (tertiary/aromatic N) is 1. The molecule has 2 saturated heterocycles. The van der Waals surface area contributed by atoms with Crippen LogP contribution in [0.1, 0.15) is 36.6 Å². The van der Waals surface area contributed by atoms with Gasteiger partial charge >= 0.3 is 0 Å². The topological polar surface area (TPSA) is 42.4 Å². The Bertz CT molecular complexity index is 446. The number of aliphatic hydroxyl groups is 1. The number of aromatic nitrogens is 1. The Balaban J connectivity index is 1.74. The van der Waals surface area contributed by atoms with E-state index in [0.29, 0.717) is 0 Å². The molecule has 0 saturated carbocycles. The van der Waals surface area contributed by atoms with Crippen LogP contribution in [0.5, 0.6) is 0 Å². The van der Waals surface area contributed by atoms with Crippen molar-refractivity contribution in [2.45, 2.75) is 37.9 Å². The zero-order valence-electron chi connectivity index (χ0n) is 11.3. The van der Waals surface area contributed by atoms with E-state index in [0.717, 1.165) is 42.9 Å². The summed E-state index contributed by atoms with van der Waals surface area (Å²) in [7, 11) is 0. The fourth-order valence-corrected chi connectivity index (χ4v) is 4.54. The van der Waals surface area contributed by atoms with Crippen molar-refractivity contribution < 1.29 is 9.84 Å². The van der Waals surface area contributed by atoms with Crippen molar-refractivity contribution in [3.63, 3.8) is 0 Å². The second kappa shape index (κ2) is 5.43. The molecule has 0 radical (unpaired) electrons. The minimum Gasteiger partial charge on any atom is -0.387 e. The van der Waals surface area contributed by atoms with E-state index < -0.39 is 6.10 Å². The highest BCUT2D eigenvalue weighted by atomic mass is 32.2. The van der Waals surface area contributed by atoms with Gasteiger partial charge in [0.25, 0.3) is 0 Å². The standard InChI is InChI=1S/C15H21NO2S/c1-11-2-5-16-13(8-11)14(17)12-3-6-18-15(9-12)4-7-19-10-15/h2,5,8,12,14,17H,3-4,6-7,9-10H2,1H3. The molecule has 0 amide bonds. The minimum atomic E-state index is -0.453. The van der Waals surface area contributed by atoms with E-state index in [1.165, 1.54) is 5.75 Å². The van der Waals surface area contributed by atoms with Gasteiger partial charge in [0, 0.05) is 18.6 Å². The Morgan fingerprint density at radius 2 is 2.47 bits per heavy atom. The maximum Gasteiger partial charge on any atom is 0.0989 e. The molecule has 3 rings (SSSR count). The smallest absolute Gasteiger partial charge is 0.0989 e. The summed E-state index contributed by atoms with van der Waals surface area (Å²) in [5.41, 5.74) is 1.99. The molecular formula is C15H21NO2S. The van der Waals surface area contributed by atoms with Crippen molar-refractivity contribution >= 4 is 11.8 Å². The van der Waals surface area contributed by atoms with Gasteiger partial charge in [-0.1, -0.05) is 0 Å². The summed E-state index contributed by atoms with van der Waals surface area (Å²) in [6.07, 6.45) is 4.36. The van der Waals surface area contributed by atoms with Crippen LogP contribution in [-0.4, -0.2) is 33.8 Å². The highest BCUT2D eigenvalue weighted by molar-refractivity contribution is 7.99. The van der Waals surface area contributed by atoms with Crippen LogP contribution in [0.25, 0.3) is 0 Å². The van der Waals surface area contributed by atoms with Gasteiger partial charge in [-0.3, -0.25) is 4.98 Å². The monoisotopic (exact) mass is 279 g/mol. The molecule has 3 atom stereocenters. The molecule has 1 aromatic rings. The Kier molecular flexibility index (Phi) is 3.83. The number of aryl methyl sites for hydroxylation is 1. The van der Waals surface area contributed by atoms with Crippen molar-refractivity contribution in [2.75, 3.05) is 18.1 Å². The zero-order valence-corrected chi connectivity index (χ0v) is 12.2. The quantitative estimate of drug-likeness (QED) is 0.904. The zero-order chi connectivity index (χ0) is 13.3. The summed E-state index contributed by atoms with van der Waals surface area (Å²) in [4.78, 5) is 4.33. The molecule has 19 heavy (non-hydrogen) atoms. The van der Waals surface area contributed by atoms with Gasteiger partial charge in [-0.05, 0) is 55.6 Å². The molecule has 2 aliphatic heterocycles. The molecule has 2 fully saturated rings. The fourth-order valence-electron chi connectivity index (χ4n) is 3.16. The Morgan fingerprint density at radius 3 is 3.21 bits per heavy atom. The summed E-state index contributed by atoms with van der Waals surface area (Å²) in [5.74, 6) is 2.55. The van der Waals surface area contributed by atoms with Crippen LogP contribution in [0.4, 0.5) is 0 Å². The molecule has 3 nitrogen and oxygen atoms in total. The predicted octanol–water partition coefficient (Wildman–Crippen LogP) is 2.73. The molecule has 3 heterocycles. The average molecular weight is 279 g/mol. The SMILES string of the molecule is Cc1ccnc(C(O)C2CCOC3(CCSC3)C2)c1. The number of rotatable bonds is 2. The average Bonchev–Trinajstić information content (AvgIpc) is 2.86. The fraction of sp³-hybridized carbons (Fsp3) is 0.667. The number of hydrogen-bond donors (Lipinski definition) is 1. The van der Waals surface area contributed by atoms with E-state index in [-0.39, 0.29) is 11.5 Å². The van der Waals surface area contributed by atoms with E-state index in [1.54, 1.807) is 6.20 Å². The van der Waals surface area contributed by atoms with Crippen LogP contribution < -0.4 is 0 Å². The lowest BCUT2D eigenvalue weighted by Crippen LogP contribution is -2.41. The molecule has 1 N–H and O–H groups in total. The van der Waals surface area contributed by atoms with E-state index in [4.69, 9.17) is 4.74 Å². The molecule has 0 bridgehead atoms. The molecule has 2 aliphatic rings. The second-order valence-electron chi connectivity index (χ2n) is 5.79. The second-order valence-corrected chi connectivity index (χ2v) is 6.90. The first-order valence-electron chi connectivity index (χ1n) is 7.01. The highest BCUT2D eigenvalue weighted by Crippen LogP contribution is 2.43. The van der Waals surface area contributed by atoms with E-state index in [1.807, 2.05) is 30.8 Å². The van der Waals surface area contributed by atoms with E-state index in [9.17, 15) is 5.11 Å². The van der Waals surface area contributed by atoms with Crippen molar-refractivity contribution in [2.24, 2.45) is 5.92 Å². The van der Waals surface area contributed by atoms with Gasteiger partial charge in [-0.2, -0.15) is 11.8 Å². The third-order valence-electron chi connectivity index (χ3n) is 4.28. The lowest BCUT2D eigenvalue weighted by atomic mass is 9.81. The van der Waals surface area contributed by atoms with Crippen LogP contribution in [-0.2, 0) is 4.74 Å². The van der Waals surface area contributed by atoms with Crippen LogP contribution in [0, 0.1) is 12.8 Å². The van der Waals surface area contributed by atoms with E-state index in [2.05, 4.69) is 4.98 Å². The lowest BCUT2D eigenvalue weighted by Gasteiger charge is -2.39. The molecule has 104 valence electrons. The summed E-state index contributed by atoms with van der Waals surface area (Å²) >= 11 is 1.97. The van der Waals surface area contributed by atoms with Crippen LogP contribution in [0.2, 0.25) is 0 Å². The van der Waals surface area contributed by atoms with Gasteiger partial charge in [-0.25, -0.2) is 0 Å². The maximum atomic E-state index is 10.6. The van der Waals surface area contributed by atoms with Gasteiger partial charge < -0.3 is 9.84 Å². The summed E-state index contributed by atoms with van der Waals surface area (Å²) in [6, 6.07) is 3.96. The van der Waals surface area contributed by atoms with Crippen LogP contribution >= 0.6 is 11.8 Å². The molecule has 3 unspecified atom stereocenters. The van der Waals surface area contributed by atoms with Gasteiger partial charge in [0.15, 0.2) is 0 Å². The predicted molar refractivity (Wildman–Crippen MR) is 77.3 cm³/mol. The minimum absolute atomic E-state index is 0.0262. The Hall–Kier alpha value is -0.580. The van der Waals surface area contributed by atoms with Crippen LogP contribution in [0.15, 0.2) is 18.3 Å². The lowest BCUT2D eigenvalue weighted by molar-refractivity contribution is -0.102. The normalized spacial score (nSPS) is 32.6. The van der Waals surface area contributed by atoms with Gasteiger partial charge in [0.2, 0.25) is 0 Å². The first-order valence-corrected chi connectivity index (χ1v) is 8.16. The number of thioether (sulfide) groups is 1. The van der Waals surface area contributed by atoms with Crippen LogP contribution in [0.3, 0.4) is 0 Å². The Morgan fingerprint density at radius 1 is 1.58 bits per heavy atom. The van der Waals surface area contributed by atoms with Gasteiger partial charge in [0.1, 0.15) is 0 Å². The Labute approximate surface area is 118 Å². The van der Waals surface area contributed by atoms with Crippen molar-refractivity contribution in [1.29, 1.82) is 0 Å². The summed E-state index contributed by atoms with van der Waals surface area (Å²) in [6.45, 7) is 2.81. The molecular weight excluding hydrogens is 258 g/mol. The van der Waals surface area contributed by atoms with Gasteiger partial charge in [-0.15, -0.1) is 0 Å². The molecule has 0 aromatic carbocycles. The molecule has 0 aliphatic carbocycles. The maximum absolute atomic E-state index is 10.6. The largest absolute Gasteiger partial charge is 0.387 e.